The minimum Gasteiger partial charge on any atom is -0.497 e. The molecule has 3 rings (SSSR count). The number of piperidine rings is 1. The van der Waals surface area contributed by atoms with Gasteiger partial charge in [0.05, 0.1) is 25.5 Å². The molecule has 1 aliphatic heterocycles. The van der Waals surface area contributed by atoms with E-state index in [9.17, 15) is 4.79 Å². The van der Waals surface area contributed by atoms with Gasteiger partial charge in [-0.3, -0.25) is 4.79 Å². The minimum atomic E-state index is 0. The first-order valence-electron chi connectivity index (χ1n) is 8.77. The van der Waals surface area contributed by atoms with Gasteiger partial charge < -0.3 is 15.4 Å². The van der Waals surface area contributed by atoms with Gasteiger partial charge in [0.15, 0.2) is 0 Å². The maximum absolute atomic E-state index is 12.0. The van der Waals surface area contributed by atoms with Crippen LogP contribution in [-0.4, -0.2) is 41.1 Å². The summed E-state index contributed by atoms with van der Waals surface area (Å²) in [6.07, 6.45) is 5.71. The van der Waals surface area contributed by atoms with Gasteiger partial charge in [-0.1, -0.05) is 5.21 Å². The van der Waals surface area contributed by atoms with Crippen molar-refractivity contribution in [2.45, 2.75) is 32.2 Å². The van der Waals surface area contributed by atoms with Gasteiger partial charge in [0.2, 0.25) is 5.91 Å². The molecular formula is C18H26ClN5O2. The lowest BCUT2D eigenvalue weighted by molar-refractivity contribution is -0.121. The van der Waals surface area contributed by atoms with Gasteiger partial charge in [-0.2, -0.15) is 0 Å². The maximum atomic E-state index is 12.0. The third-order valence-corrected chi connectivity index (χ3v) is 4.58. The zero-order valence-electron chi connectivity index (χ0n) is 15.0. The number of carbonyl (C=O) groups is 1. The molecule has 26 heavy (non-hydrogen) atoms. The van der Waals surface area contributed by atoms with E-state index in [1.165, 1.54) is 12.8 Å². The summed E-state index contributed by atoms with van der Waals surface area (Å²) in [4.78, 5) is 12.0. The Hall–Kier alpha value is -2.12. The molecule has 0 radical (unpaired) electrons. The molecule has 0 aliphatic carbocycles. The fourth-order valence-corrected chi connectivity index (χ4v) is 3.02. The fourth-order valence-electron chi connectivity index (χ4n) is 3.02. The van der Waals surface area contributed by atoms with E-state index < -0.39 is 0 Å². The number of nitrogens with one attached hydrogen (secondary N) is 2. The number of methoxy groups -OCH3 is 1. The summed E-state index contributed by atoms with van der Waals surface area (Å²) in [6.45, 7) is 2.54. The predicted octanol–water partition coefficient (Wildman–Crippen LogP) is 2.09. The van der Waals surface area contributed by atoms with Crippen LogP contribution >= 0.6 is 12.4 Å². The molecule has 1 amide bonds. The third-order valence-electron chi connectivity index (χ3n) is 4.58. The molecule has 2 aromatic rings. The van der Waals surface area contributed by atoms with E-state index in [1.807, 2.05) is 30.5 Å². The summed E-state index contributed by atoms with van der Waals surface area (Å²) < 4.78 is 6.84. The van der Waals surface area contributed by atoms with Gasteiger partial charge in [-0.15, -0.1) is 17.5 Å². The van der Waals surface area contributed by atoms with Crippen LogP contribution < -0.4 is 15.4 Å². The second-order valence-electron chi connectivity index (χ2n) is 6.36. The van der Waals surface area contributed by atoms with Crippen molar-refractivity contribution in [1.82, 2.24) is 25.6 Å². The Morgan fingerprint density at radius 3 is 2.73 bits per heavy atom. The van der Waals surface area contributed by atoms with Gasteiger partial charge in [0.25, 0.3) is 0 Å². The third kappa shape index (κ3) is 5.71. The Morgan fingerprint density at radius 2 is 2.04 bits per heavy atom. The first-order valence-corrected chi connectivity index (χ1v) is 8.77. The van der Waals surface area contributed by atoms with Crippen molar-refractivity contribution in [2.75, 3.05) is 20.2 Å². The monoisotopic (exact) mass is 379 g/mol. The van der Waals surface area contributed by atoms with Crippen LogP contribution in [0.4, 0.5) is 0 Å². The van der Waals surface area contributed by atoms with Crippen molar-refractivity contribution < 1.29 is 9.53 Å². The molecule has 1 saturated heterocycles. The fraction of sp³-hybridized carbons (Fsp3) is 0.500. The largest absolute Gasteiger partial charge is 0.497 e. The Bertz CT molecular complexity index is 683. The average molecular weight is 380 g/mol. The summed E-state index contributed by atoms with van der Waals surface area (Å²) in [5, 5.41) is 14.5. The Balaban J connectivity index is 0.00000243. The number of amides is 1. The summed E-state index contributed by atoms with van der Waals surface area (Å²) in [7, 11) is 1.64. The molecule has 0 spiro atoms. The molecule has 1 fully saturated rings. The molecule has 142 valence electrons. The van der Waals surface area contributed by atoms with E-state index in [1.54, 1.807) is 11.8 Å². The van der Waals surface area contributed by atoms with E-state index in [0.29, 0.717) is 18.9 Å². The molecule has 2 heterocycles. The number of benzene rings is 1. The molecule has 1 aliphatic rings. The average Bonchev–Trinajstić information content (AvgIpc) is 3.14. The number of hydrogen-bond acceptors (Lipinski definition) is 5. The van der Waals surface area contributed by atoms with Crippen molar-refractivity contribution in [3.05, 3.63) is 36.2 Å². The van der Waals surface area contributed by atoms with Gasteiger partial charge in [0, 0.05) is 6.42 Å². The molecule has 1 aromatic heterocycles. The van der Waals surface area contributed by atoms with Crippen molar-refractivity contribution in [3.63, 3.8) is 0 Å². The second kappa shape index (κ2) is 10.1. The summed E-state index contributed by atoms with van der Waals surface area (Å²) >= 11 is 0. The molecule has 0 unspecified atom stereocenters. The first kappa shape index (κ1) is 20.2. The quantitative estimate of drug-likeness (QED) is 0.769. The van der Waals surface area contributed by atoms with E-state index in [2.05, 4.69) is 20.9 Å². The van der Waals surface area contributed by atoms with Crippen LogP contribution in [0.2, 0.25) is 0 Å². The predicted molar refractivity (Wildman–Crippen MR) is 102 cm³/mol. The van der Waals surface area contributed by atoms with Gasteiger partial charge >= 0.3 is 0 Å². The van der Waals surface area contributed by atoms with Crippen LogP contribution in [0.3, 0.4) is 0 Å². The smallest absolute Gasteiger partial charge is 0.220 e. The number of nitrogens with zero attached hydrogens (tertiary/aromatic N) is 3. The highest BCUT2D eigenvalue weighted by Crippen LogP contribution is 2.17. The summed E-state index contributed by atoms with van der Waals surface area (Å²) in [5.41, 5.74) is 1.64. The van der Waals surface area contributed by atoms with Crippen LogP contribution in [0.1, 0.15) is 31.4 Å². The van der Waals surface area contributed by atoms with Gasteiger partial charge in [-0.25, -0.2) is 4.68 Å². The molecule has 1 aromatic carbocycles. The Morgan fingerprint density at radius 1 is 1.31 bits per heavy atom. The highest BCUT2D eigenvalue weighted by Gasteiger charge is 2.14. The minimum absolute atomic E-state index is 0. The van der Waals surface area contributed by atoms with E-state index in [0.717, 1.165) is 36.6 Å². The summed E-state index contributed by atoms with van der Waals surface area (Å²) in [6, 6.07) is 7.57. The first-order chi connectivity index (χ1) is 12.2. The van der Waals surface area contributed by atoms with Crippen LogP contribution in [-0.2, 0) is 11.3 Å². The van der Waals surface area contributed by atoms with Crippen molar-refractivity contribution in [3.8, 4) is 11.4 Å². The Labute approximate surface area is 159 Å². The van der Waals surface area contributed by atoms with Crippen LogP contribution in [0, 0.1) is 5.92 Å². The zero-order valence-corrected chi connectivity index (χ0v) is 15.8. The number of carbonyl (C=O) groups excluding carboxylic acids is 1. The zero-order chi connectivity index (χ0) is 17.5. The van der Waals surface area contributed by atoms with Crippen LogP contribution in [0.5, 0.6) is 5.75 Å². The molecule has 8 heteroatoms. The van der Waals surface area contributed by atoms with Crippen molar-refractivity contribution in [1.29, 1.82) is 0 Å². The molecule has 0 atom stereocenters. The molecule has 0 saturated carbocycles. The van der Waals surface area contributed by atoms with E-state index >= 15 is 0 Å². The molecule has 0 bridgehead atoms. The molecule has 2 N–H and O–H groups in total. The maximum Gasteiger partial charge on any atom is 0.220 e. The topological polar surface area (TPSA) is 81.1 Å². The molecular weight excluding hydrogens is 354 g/mol. The number of rotatable bonds is 7. The van der Waals surface area contributed by atoms with E-state index in [-0.39, 0.29) is 18.3 Å². The summed E-state index contributed by atoms with van der Waals surface area (Å²) in [5.74, 6) is 1.55. The van der Waals surface area contributed by atoms with E-state index in [4.69, 9.17) is 4.74 Å². The highest BCUT2D eigenvalue weighted by molar-refractivity contribution is 5.85. The SMILES string of the molecule is COc1ccc(-n2cc(CNC(=O)CCC3CCNCC3)nn2)cc1.Cl. The highest BCUT2D eigenvalue weighted by atomic mass is 35.5. The number of halogens is 1. The standard InChI is InChI=1S/C18H25N5O2.ClH/c1-25-17-5-3-16(4-6-17)23-13-15(21-22-23)12-20-18(24)7-2-14-8-10-19-11-9-14;/h3-6,13-14,19H,2,7-12H2,1H3,(H,20,24);1H. The number of ether oxygens (including phenoxy) is 1. The lowest BCUT2D eigenvalue weighted by Crippen LogP contribution is -2.29. The second-order valence-corrected chi connectivity index (χ2v) is 6.36. The number of hydrogen-bond donors (Lipinski definition) is 2. The van der Waals surface area contributed by atoms with Crippen molar-refractivity contribution >= 4 is 18.3 Å². The van der Waals surface area contributed by atoms with Gasteiger partial charge in [0.1, 0.15) is 11.4 Å². The Kier molecular flexibility index (Phi) is 7.87. The molecule has 7 nitrogen and oxygen atoms in total. The van der Waals surface area contributed by atoms with Crippen LogP contribution in [0.25, 0.3) is 5.69 Å². The lowest BCUT2D eigenvalue weighted by Gasteiger charge is -2.22. The van der Waals surface area contributed by atoms with Gasteiger partial charge in [-0.05, 0) is 62.5 Å². The van der Waals surface area contributed by atoms with Crippen LogP contribution in [0.15, 0.2) is 30.5 Å². The van der Waals surface area contributed by atoms with Crippen molar-refractivity contribution in [2.24, 2.45) is 5.92 Å². The lowest BCUT2D eigenvalue weighted by atomic mass is 9.93. The normalized spacial score (nSPS) is 14.5. The number of aromatic nitrogens is 3.